The number of halogens is 1. The Morgan fingerprint density at radius 3 is 2.44 bits per heavy atom. The van der Waals surface area contributed by atoms with Crippen LogP contribution in [0.5, 0.6) is 0 Å². The van der Waals surface area contributed by atoms with E-state index in [2.05, 4.69) is 74.1 Å². The molecule has 0 bridgehead atoms. The minimum absolute atomic E-state index is 0.0525. The lowest BCUT2D eigenvalue weighted by atomic mass is 9.94. The molecule has 2 rings (SSSR count). The zero-order chi connectivity index (χ0) is 13.6. The van der Waals surface area contributed by atoms with Gasteiger partial charge < -0.3 is 10.1 Å². The number of hydrogen-bond acceptors (Lipinski definition) is 2. The molecule has 0 radical (unpaired) electrons. The molecule has 1 aromatic carbocycles. The van der Waals surface area contributed by atoms with Crippen LogP contribution in [0, 0.1) is 6.92 Å². The molecule has 1 unspecified atom stereocenters. The van der Waals surface area contributed by atoms with Gasteiger partial charge in [0, 0.05) is 10.2 Å². The third-order valence-electron chi connectivity index (χ3n) is 3.59. The maximum absolute atomic E-state index is 6.10. The molecule has 0 aliphatic carbocycles. The number of rotatable bonds is 2. The molecule has 0 spiro atoms. The fourth-order valence-electron chi connectivity index (χ4n) is 2.67. The van der Waals surface area contributed by atoms with Gasteiger partial charge in [0.2, 0.25) is 0 Å². The van der Waals surface area contributed by atoms with Crippen LogP contribution < -0.4 is 5.32 Å². The molecule has 0 saturated carbocycles. The van der Waals surface area contributed by atoms with Gasteiger partial charge >= 0.3 is 0 Å². The fourth-order valence-corrected chi connectivity index (χ4v) is 3.05. The van der Waals surface area contributed by atoms with Crippen LogP contribution in [0.15, 0.2) is 22.7 Å². The van der Waals surface area contributed by atoms with Gasteiger partial charge in [0.25, 0.3) is 0 Å². The van der Waals surface area contributed by atoms with Crippen LogP contribution >= 0.6 is 15.9 Å². The maximum Gasteiger partial charge on any atom is 0.0834 e. The number of hydrogen-bond donors (Lipinski definition) is 1. The van der Waals surface area contributed by atoms with Crippen LogP contribution in [-0.2, 0) is 4.74 Å². The second-order valence-corrected chi connectivity index (χ2v) is 7.18. The van der Waals surface area contributed by atoms with Gasteiger partial charge in [0.05, 0.1) is 17.2 Å². The first-order valence-electron chi connectivity index (χ1n) is 6.42. The molecule has 2 nitrogen and oxygen atoms in total. The average molecular weight is 312 g/mol. The van der Waals surface area contributed by atoms with Crippen molar-refractivity contribution in [2.24, 2.45) is 0 Å². The minimum atomic E-state index is -0.138. The van der Waals surface area contributed by atoms with Crippen molar-refractivity contribution in [1.82, 2.24) is 0 Å². The molecular weight excluding hydrogens is 290 g/mol. The standard InChI is InChI=1S/C15H22BrNO/c1-10-6-7-11(8-12(10)16)17-13-9-14(2,3)18-15(13,4)5/h6-8,13,17H,9H2,1-5H3. The second-order valence-electron chi connectivity index (χ2n) is 6.33. The third kappa shape index (κ3) is 2.89. The zero-order valence-corrected chi connectivity index (χ0v) is 13.4. The highest BCUT2D eigenvalue weighted by atomic mass is 79.9. The van der Waals surface area contributed by atoms with Gasteiger partial charge in [-0.1, -0.05) is 22.0 Å². The van der Waals surface area contributed by atoms with E-state index >= 15 is 0 Å². The van der Waals surface area contributed by atoms with Crippen LogP contribution in [0.4, 0.5) is 5.69 Å². The quantitative estimate of drug-likeness (QED) is 0.867. The lowest BCUT2D eigenvalue weighted by Gasteiger charge is -2.28. The van der Waals surface area contributed by atoms with Crippen molar-refractivity contribution in [3.05, 3.63) is 28.2 Å². The SMILES string of the molecule is Cc1ccc(NC2CC(C)(C)OC2(C)C)cc1Br. The van der Waals surface area contributed by atoms with Gasteiger partial charge in [-0.25, -0.2) is 0 Å². The van der Waals surface area contributed by atoms with Gasteiger partial charge in [0.15, 0.2) is 0 Å². The number of ether oxygens (including phenoxy) is 1. The summed E-state index contributed by atoms with van der Waals surface area (Å²) >= 11 is 3.58. The van der Waals surface area contributed by atoms with E-state index in [1.807, 2.05) is 0 Å². The predicted octanol–water partition coefficient (Wildman–Crippen LogP) is 4.52. The summed E-state index contributed by atoms with van der Waals surface area (Å²) in [5.41, 5.74) is 2.21. The summed E-state index contributed by atoms with van der Waals surface area (Å²) in [6.45, 7) is 10.7. The van der Waals surface area contributed by atoms with Crippen molar-refractivity contribution in [2.45, 2.75) is 58.3 Å². The van der Waals surface area contributed by atoms with E-state index in [0.717, 1.165) is 16.6 Å². The van der Waals surface area contributed by atoms with E-state index in [-0.39, 0.29) is 11.2 Å². The smallest absolute Gasteiger partial charge is 0.0834 e. The second kappa shape index (κ2) is 4.53. The van der Waals surface area contributed by atoms with Crippen molar-refractivity contribution in [3.63, 3.8) is 0 Å². The van der Waals surface area contributed by atoms with Gasteiger partial charge in [-0.05, 0) is 58.7 Å². The van der Waals surface area contributed by atoms with Crippen LogP contribution in [0.1, 0.15) is 39.7 Å². The van der Waals surface area contributed by atoms with Crippen LogP contribution in [-0.4, -0.2) is 17.2 Å². The van der Waals surface area contributed by atoms with Crippen LogP contribution in [0.3, 0.4) is 0 Å². The lowest BCUT2D eigenvalue weighted by Crippen LogP contribution is -2.38. The number of benzene rings is 1. The molecular formula is C15H22BrNO. The zero-order valence-electron chi connectivity index (χ0n) is 11.8. The maximum atomic E-state index is 6.10. The van der Waals surface area contributed by atoms with Gasteiger partial charge in [0.1, 0.15) is 0 Å². The average Bonchev–Trinajstić information content (AvgIpc) is 2.40. The Kier molecular flexibility index (Phi) is 3.50. The molecule has 1 aliphatic rings. The molecule has 18 heavy (non-hydrogen) atoms. The Bertz CT molecular complexity index is 454. The number of aryl methyl sites for hydroxylation is 1. The Morgan fingerprint density at radius 2 is 1.94 bits per heavy atom. The Labute approximate surface area is 118 Å². The Morgan fingerprint density at radius 1 is 1.28 bits per heavy atom. The van der Waals surface area contributed by atoms with Gasteiger partial charge in [-0.15, -0.1) is 0 Å². The Balaban J connectivity index is 2.16. The summed E-state index contributed by atoms with van der Waals surface area (Å²) in [6.07, 6.45) is 1.02. The van der Waals surface area contributed by atoms with Crippen LogP contribution in [0.25, 0.3) is 0 Å². The largest absolute Gasteiger partial charge is 0.379 e. The molecule has 1 aromatic rings. The van der Waals surface area contributed by atoms with Crippen molar-refractivity contribution in [2.75, 3.05) is 5.32 Å². The van der Waals surface area contributed by atoms with E-state index in [1.54, 1.807) is 0 Å². The summed E-state index contributed by atoms with van der Waals surface area (Å²) in [6, 6.07) is 6.72. The summed E-state index contributed by atoms with van der Waals surface area (Å²) in [5.74, 6) is 0. The summed E-state index contributed by atoms with van der Waals surface area (Å²) in [4.78, 5) is 0. The van der Waals surface area contributed by atoms with Crippen molar-refractivity contribution < 1.29 is 4.74 Å². The van der Waals surface area contributed by atoms with E-state index in [4.69, 9.17) is 4.74 Å². The molecule has 100 valence electrons. The molecule has 1 saturated heterocycles. The van der Waals surface area contributed by atoms with E-state index < -0.39 is 0 Å². The highest BCUT2D eigenvalue weighted by Crippen LogP contribution is 2.39. The Hall–Kier alpha value is -0.540. The molecule has 1 N–H and O–H groups in total. The normalized spacial score (nSPS) is 25.1. The molecule has 3 heteroatoms. The van der Waals surface area contributed by atoms with E-state index in [1.165, 1.54) is 5.56 Å². The van der Waals surface area contributed by atoms with Crippen molar-refractivity contribution >= 4 is 21.6 Å². The molecule has 0 aromatic heterocycles. The number of nitrogens with one attached hydrogen (secondary N) is 1. The summed E-state index contributed by atoms with van der Waals surface area (Å²) < 4.78 is 7.24. The third-order valence-corrected chi connectivity index (χ3v) is 4.44. The highest BCUT2D eigenvalue weighted by Gasteiger charge is 2.45. The van der Waals surface area contributed by atoms with Crippen LogP contribution in [0.2, 0.25) is 0 Å². The van der Waals surface area contributed by atoms with E-state index in [0.29, 0.717) is 6.04 Å². The van der Waals surface area contributed by atoms with Gasteiger partial charge in [-0.3, -0.25) is 0 Å². The first kappa shape index (κ1) is 13.9. The topological polar surface area (TPSA) is 21.3 Å². The molecule has 1 fully saturated rings. The van der Waals surface area contributed by atoms with Crippen molar-refractivity contribution in [1.29, 1.82) is 0 Å². The molecule has 0 amide bonds. The molecule has 1 aliphatic heterocycles. The van der Waals surface area contributed by atoms with E-state index in [9.17, 15) is 0 Å². The highest BCUT2D eigenvalue weighted by molar-refractivity contribution is 9.10. The lowest BCUT2D eigenvalue weighted by molar-refractivity contribution is -0.0662. The van der Waals surface area contributed by atoms with Gasteiger partial charge in [-0.2, -0.15) is 0 Å². The predicted molar refractivity (Wildman–Crippen MR) is 80.1 cm³/mol. The first-order valence-corrected chi connectivity index (χ1v) is 7.22. The number of anilines is 1. The molecule has 1 atom stereocenters. The summed E-state index contributed by atoms with van der Waals surface area (Å²) in [5, 5.41) is 3.60. The minimum Gasteiger partial charge on any atom is -0.379 e. The van der Waals surface area contributed by atoms with Crippen molar-refractivity contribution in [3.8, 4) is 0 Å². The monoisotopic (exact) mass is 311 g/mol. The first-order chi connectivity index (χ1) is 8.20. The molecule has 1 heterocycles. The summed E-state index contributed by atoms with van der Waals surface area (Å²) in [7, 11) is 0. The fraction of sp³-hybridized carbons (Fsp3) is 0.600.